The van der Waals surface area contributed by atoms with E-state index in [-0.39, 0.29) is 6.79 Å². The Bertz CT molecular complexity index is 484. The highest BCUT2D eigenvalue weighted by Gasteiger charge is 2.19. The predicted octanol–water partition coefficient (Wildman–Crippen LogP) is 1.09. The standard InChI is InChI=1S/C13H16N2O4/c1-16-11-6-10(7-12-13(11)19-9-18-12)8-14-15-2-4-17-5-3-15/h6-8H,2-5,9H2,1H3/b14-8-. The van der Waals surface area contributed by atoms with Crippen LogP contribution >= 0.6 is 0 Å². The molecular formula is C13H16N2O4. The zero-order chi connectivity index (χ0) is 13.1. The summed E-state index contributed by atoms with van der Waals surface area (Å²) in [4.78, 5) is 0. The summed E-state index contributed by atoms with van der Waals surface area (Å²) >= 11 is 0. The first-order chi connectivity index (χ1) is 9.36. The van der Waals surface area contributed by atoms with Crippen molar-refractivity contribution < 1.29 is 18.9 Å². The summed E-state index contributed by atoms with van der Waals surface area (Å²) in [6.07, 6.45) is 1.80. The number of hydrazone groups is 1. The van der Waals surface area contributed by atoms with Crippen molar-refractivity contribution in [3.8, 4) is 17.2 Å². The molecule has 6 nitrogen and oxygen atoms in total. The van der Waals surface area contributed by atoms with Gasteiger partial charge in [0, 0.05) is 5.56 Å². The highest BCUT2D eigenvalue weighted by atomic mass is 16.7. The molecule has 1 fully saturated rings. The second kappa shape index (κ2) is 5.36. The molecule has 0 unspecified atom stereocenters. The molecule has 6 heteroatoms. The number of benzene rings is 1. The third-order valence-corrected chi connectivity index (χ3v) is 3.04. The summed E-state index contributed by atoms with van der Waals surface area (Å²) < 4.78 is 21.3. The second-order valence-electron chi connectivity index (χ2n) is 4.27. The Hall–Kier alpha value is -1.95. The number of morpholine rings is 1. The van der Waals surface area contributed by atoms with E-state index in [0.29, 0.717) is 17.2 Å². The van der Waals surface area contributed by atoms with E-state index in [2.05, 4.69) is 5.10 Å². The maximum atomic E-state index is 5.38. The maximum absolute atomic E-state index is 5.38. The van der Waals surface area contributed by atoms with Crippen molar-refractivity contribution in [1.82, 2.24) is 5.01 Å². The van der Waals surface area contributed by atoms with Crippen LogP contribution in [0.25, 0.3) is 0 Å². The average Bonchev–Trinajstić information content (AvgIpc) is 2.93. The smallest absolute Gasteiger partial charge is 0.231 e. The predicted molar refractivity (Wildman–Crippen MR) is 69.1 cm³/mol. The molecule has 0 saturated carbocycles. The van der Waals surface area contributed by atoms with Crippen molar-refractivity contribution in [1.29, 1.82) is 0 Å². The summed E-state index contributed by atoms with van der Waals surface area (Å²) in [5.74, 6) is 2.02. The lowest BCUT2D eigenvalue weighted by atomic mass is 10.2. The van der Waals surface area contributed by atoms with Crippen molar-refractivity contribution >= 4 is 6.21 Å². The summed E-state index contributed by atoms with van der Waals surface area (Å²) in [7, 11) is 1.61. The lowest BCUT2D eigenvalue weighted by Crippen LogP contribution is -2.32. The topological polar surface area (TPSA) is 52.5 Å². The summed E-state index contributed by atoms with van der Waals surface area (Å²) in [6.45, 7) is 3.32. The van der Waals surface area contributed by atoms with Gasteiger partial charge in [-0.25, -0.2) is 0 Å². The van der Waals surface area contributed by atoms with Gasteiger partial charge in [0.1, 0.15) is 0 Å². The zero-order valence-electron chi connectivity index (χ0n) is 10.8. The van der Waals surface area contributed by atoms with Crippen molar-refractivity contribution in [3.63, 3.8) is 0 Å². The molecule has 0 aromatic heterocycles. The molecule has 0 atom stereocenters. The van der Waals surface area contributed by atoms with Crippen LogP contribution < -0.4 is 14.2 Å². The van der Waals surface area contributed by atoms with Gasteiger partial charge < -0.3 is 18.9 Å². The molecule has 1 aromatic rings. The summed E-state index contributed by atoms with van der Waals surface area (Å²) in [5.41, 5.74) is 0.924. The second-order valence-corrected chi connectivity index (χ2v) is 4.27. The van der Waals surface area contributed by atoms with E-state index >= 15 is 0 Å². The van der Waals surface area contributed by atoms with Crippen LogP contribution in [0.3, 0.4) is 0 Å². The lowest BCUT2D eigenvalue weighted by Gasteiger charge is -2.23. The fraction of sp³-hybridized carbons (Fsp3) is 0.462. The van der Waals surface area contributed by atoms with E-state index in [1.54, 1.807) is 13.3 Å². The Morgan fingerprint density at radius 3 is 2.89 bits per heavy atom. The Balaban J connectivity index is 1.79. The van der Waals surface area contributed by atoms with Gasteiger partial charge in [0.15, 0.2) is 11.5 Å². The maximum Gasteiger partial charge on any atom is 0.231 e. The number of ether oxygens (including phenoxy) is 4. The van der Waals surface area contributed by atoms with Gasteiger partial charge in [-0.15, -0.1) is 0 Å². The van der Waals surface area contributed by atoms with Gasteiger partial charge in [-0.2, -0.15) is 5.10 Å². The van der Waals surface area contributed by atoms with Gasteiger partial charge in [0.2, 0.25) is 12.5 Å². The van der Waals surface area contributed by atoms with E-state index in [1.807, 2.05) is 17.1 Å². The quantitative estimate of drug-likeness (QED) is 0.765. The largest absolute Gasteiger partial charge is 0.493 e. The van der Waals surface area contributed by atoms with Gasteiger partial charge in [-0.1, -0.05) is 0 Å². The molecule has 1 saturated heterocycles. The number of methoxy groups -OCH3 is 1. The van der Waals surface area contributed by atoms with Crippen molar-refractivity contribution in [3.05, 3.63) is 17.7 Å². The summed E-state index contributed by atoms with van der Waals surface area (Å²) in [5, 5.41) is 6.42. The molecule has 0 radical (unpaired) electrons. The molecular weight excluding hydrogens is 248 g/mol. The number of hydrogen-bond donors (Lipinski definition) is 0. The van der Waals surface area contributed by atoms with E-state index < -0.39 is 0 Å². The first-order valence-electron chi connectivity index (χ1n) is 6.21. The van der Waals surface area contributed by atoms with Crippen LogP contribution in [0.4, 0.5) is 0 Å². The first-order valence-corrected chi connectivity index (χ1v) is 6.21. The van der Waals surface area contributed by atoms with Crippen LogP contribution in [-0.4, -0.2) is 51.4 Å². The van der Waals surface area contributed by atoms with Crippen LogP contribution in [0, 0.1) is 0 Å². The molecule has 0 aliphatic carbocycles. The van der Waals surface area contributed by atoms with Crippen molar-refractivity contribution in [2.75, 3.05) is 40.2 Å². The normalized spacial score (nSPS) is 18.1. The lowest BCUT2D eigenvalue weighted by molar-refractivity contribution is 0.0397. The third-order valence-electron chi connectivity index (χ3n) is 3.04. The molecule has 2 aliphatic heterocycles. The molecule has 0 amide bonds. The minimum atomic E-state index is 0.232. The van der Waals surface area contributed by atoms with Crippen LogP contribution in [-0.2, 0) is 4.74 Å². The monoisotopic (exact) mass is 264 g/mol. The first kappa shape index (κ1) is 12.1. The average molecular weight is 264 g/mol. The van der Waals surface area contributed by atoms with Gasteiger partial charge >= 0.3 is 0 Å². The van der Waals surface area contributed by atoms with Gasteiger partial charge in [0.25, 0.3) is 0 Å². The molecule has 2 heterocycles. The minimum absolute atomic E-state index is 0.232. The molecule has 102 valence electrons. The van der Waals surface area contributed by atoms with E-state index in [0.717, 1.165) is 31.9 Å². The Morgan fingerprint density at radius 1 is 1.26 bits per heavy atom. The number of fused-ring (bicyclic) bond motifs is 1. The minimum Gasteiger partial charge on any atom is -0.493 e. The fourth-order valence-electron chi connectivity index (χ4n) is 2.04. The van der Waals surface area contributed by atoms with E-state index in [4.69, 9.17) is 18.9 Å². The number of nitrogens with zero attached hydrogens (tertiary/aromatic N) is 2. The van der Waals surface area contributed by atoms with Crippen molar-refractivity contribution in [2.45, 2.75) is 0 Å². The number of rotatable bonds is 3. The molecule has 2 aliphatic rings. The molecule has 19 heavy (non-hydrogen) atoms. The van der Waals surface area contributed by atoms with Crippen LogP contribution in [0.1, 0.15) is 5.56 Å². The fourth-order valence-corrected chi connectivity index (χ4v) is 2.04. The van der Waals surface area contributed by atoms with E-state index in [1.165, 1.54) is 0 Å². The molecule has 1 aromatic carbocycles. The number of hydrogen-bond acceptors (Lipinski definition) is 6. The van der Waals surface area contributed by atoms with Gasteiger partial charge in [-0.05, 0) is 12.1 Å². The zero-order valence-corrected chi connectivity index (χ0v) is 10.8. The van der Waals surface area contributed by atoms with E-state index in [9.17, 15) is 0 Å². The van der Waals surface area contributed by atoms with Crippen LogP contribution in [0.5, 0.6) is 17.2 Å². The third kappa shape index (κ3) is 2.58. The highest BCUT2D eigenvalue weighted by Crippen LogP contribution is 2.41. The summed E-state index contributed by atoms with van der Waals surface area (Å²) in [6, 6.07) is 3.78. The molecule has 3 rings (SSSR count). The Morgan fingerprint density at radius 2 is 2.11 bits per heavy atom. The van der Waals surface area contributed by atoms with Gasteiger partial charge in [0.05, 0.1) is 39.6 Å². The highest BCUT2D eigenvalue weighted by molar-refractivity contribution is 5.82. The Kier molecular flexibility index (Phi) is 3.41. The molecule has 0 spiro atoms. The SMILES string of the molecule is COc1cc(/C=N\N2CCOCC2)cc2c1OCO2. The van der Waals surface area contributed by atoms with Gasteiger partial charge in [-0.3, -0.25) is 5.01 Å². The Labute approximate surface area is 111 Å². The van der Waals surface area contributed by atoms with Crippen LogP contribution in [0.15, 0.2) is 17.2 Å². The molecule has 0 bridgehead atoms. The molecule has 0 N–H and O–H groups in total. The van der Waals surface area contributed by atoms with Crippen molar-refractivity contribution in [2.24, 2.45) is 5.10 Å². The van der Waals surface area contributed by atoms with Crippen LogP contribution in [0.2, 0.25) is 0 Å².